The van der Waals surface area contributed by atoms with Crippen LogP contribution in [0.25, 0.3) is 0 Å². The number of hydrogen-bond donors (Lipinski definition) is 4. The number of nitrogens with two attached hydrogens (primary N) is 1. The minimum absolute atomic E-state index is 0.252. The van der Waals surface area contributed by atoms with E-state index in [0.717, 1.165) is 0 Å². The number of anilines is 2. The van der Waals surface area contributed by atoms with Crippen LogP contribution in [0.2, 0.25) is 0 Å². The van der Waals surface area contributed by atoms with E-state index in [2.05, 4.69) is 16.0 Å². The van der Waals surface area contributed by atoms with E-state index in [1.54, 1.807) is 48.5 Å². The number of nitrogen functional groups attached to an aromatic ring is 1. The van der Waals surface area contributed by atoms with E-state index >= 15 is 0 Å². The molecule has 7 nitrogen and oxygen atoms in total. The summed E-state index contributed by atoms with van der Waals surface area (Å²) in [5.41, 5.74) is 7.50. The molecule has 0 saturated carbocycles. The lowest BCUT2D eigenvalue weighted by Crippen LogP contribution is -2.37. The van der Waals surface area contributed by atoms with Crippen molar-refractivity contribution in [1.82, 2.24) is 10.6 Å². The molecule has 0 aliphatic heterocycles. The predicted molar refractivity (Wildman–Crippen MR) is 91.4 cm³/mol. The number of nitrogens with one attached hydrogen (secondary N) is 3. The van der Waals surface area contributed by atoms with Gasteiger partial charge < -0.3 is 21.7 Å². The first-order valence-corrected chi connectivity index (χ1v) is 7.28. The van der Waals surface area contributed by atoms with E-state index in [4.69, 9.17) is 11.0 Å². The van der Waals surface area contributed by atoms with Crippen molar-refractivity contribution in [2.45, 2.75) is 0 Å². The number of carbonyl (C=O) groups is 2. The van der Waals surface area contributed by atoms with Crippen LogP contribution in [-0.4, -0.2) is 25.0 Å². The first-order chi connectivity index (χ1) is 11.6. The molecule has 0 atom stereocenters. The molecule has 0 bridgehead atoms. The number of urea groups is 1. The molecule has 0 radical (unpaired) electrons. The zero-order valence-corrected chi connectivity index (χ0v) is 12.9. The molecule has 0 fully saturated rings. The molecule has 2 aromatic carbocycles. The second-order valence-corrected chi connectivity index (χ2v) is 4.92. The fourth-order valence-corrected chi connectivity index (χ4v) is 1.99. The van der Waals surface area contributed by atoms with Gasteiger partial charge in [0.1, 0.15) is 0 Å². The highest BCUT2D eigenvalue weighted by molar-refractivity contribution is 5.99. The van der Waals surface area contributed by atoms with Crippen LogP contribution in [0.4, 0.5) is 16.2 Å². The molecule has 0 aliphatic carbocycles. The van der Waals surface area contributed by atoms with E-state index in [1.807, 2.05) is 6.07 Å². The summed E-state index contributed by atoms with van der Waals surface area (Å²) < 4.78 is 0. The molecule has 0 aromatic heterocycles. The normalized spacial score (nSPS) is 9.62. The van der Waals surface area contributed by atoms with Gasteiger partial charge in [0.05, 0.1) is 17.2 Å². The Morgan fingerprint density at radius 2 is 1.79 bits per heavy atom. The molecule has 122 valence electrons. The average molecular weight is 323 g/mol. The Morgan fingerprint density at radius 3 is 2.54 bits per heavy atom. The van der Waals surface area contributed by atoms with Crippen LogP contribution in [0.5, 0.6) is 0 Å². The Labute approximate surface area is 139 Å². The maximum absolute atomic E-state index is 11.9. The van der Waals surface area contributed by atoms with Crippen molar-refractivity contribution in [1.29, 1.82) is 5.26 Å². The highest BCUT2D eigenvalue weighted by atomic mass is 16.2. The topological polar surface area (TPSA) is 120 Å². The van der Waals surface area contributed by atoms with Gasteiger partial charge in [-0.3, -0.25) is 4.79 Å². The summed E-state index contributed by atoms with van der Waals surface area (Å²) in [6.45, 7) is 0.515. The highest BCUT2D eigenvalue weighted by Crippen LogP contribution is 2.10. The van der Waals surface area contributed by atoms with Crippen molar-refractivity contribution in [3.05, 3.63) is 59.7 Å². The molecule has 5 N–H and O–H groups in total. The Hall–Kier alpha value is -3.53. The summed E-state index contributed by atoms with van der Waals surface area (Å²) in [4.78, 5) is 23.7. The summed E-state index contributed by atoms with van der Waals surface area (Å²) in [6.07, 6.45) is 0. The molecule has 0 spiro atoms. The number of amides is 3. The number of nitriles is 1. The highest BCUT2D eigenvalue weighted by Gasteiger charge is 2.08. The Bertz CT molecular complexity index is 783. The third-order valence-corrected chi connectivity index (χ3v) is 3.15. The molecule has 0 aliphatic rings. The maximum Gasteiger partial charge on any atom is 0.319 e. The summed E-state index contributed by atoms with van der Waals surface area (Å²) >= 11 is 0. The van der Waals surface area contributed by atoms with Crippen molar-refractivity contribution in [2.24, 2.45) is 0 Å². The third kappa shape index (κ3) is 4.74. The lowest BCUT2D eigenvalue weighted by molar-refractivity contribution is 0.0955. The van der Waals surface area contributed by atoms with Gasteiger partial charge in [-0.1, -0.05) is 18.2 Å². The molecule has 7 heteroatoms. The molecule has 24 heavy (non-hydrogen) atoms. The first kappa shape index (κ1) is 16.8. The van der Waals surface area contributed by atoms with Crippen molar-refractivity contribution in [3.63, 3.8) is 0 Å². The lowest BCUT2D eigenvalue weighted by atomic mass is 10.2. The van der Waals surface area contributed by atoms with Gasteiger partial charge >= 0.3 is 6.03 Å². The Balaban J connectivity index is 1.74. The molecular formula is C17H17N5O2. The number of nitrogens with zero attached hydrogens (tertiary/aromatic N) is 1. The number of benzene rings is 2. The van der Waals surface area contributed by atoms with Crippen LogP contribution in [0.1, 0.15) is 15.9 Å². The van der Waals surface area contributed by atoms with Crippen molar-refractivity contribution in [2.75, 3.05) is 24.1 Å². The van der Waals surface area contributed by atoms with Crippen LogP contribution >= 0.6 is 0 Å². The van der Waals surface area contributed by atoms with Gasteiger partial charge in [0.2, 0.25) is 0 Å². The molecular weight excluding hydrogens is 306 g/mol. The largest absolute Gasteiger partial charge is 0.398 e. The first-order valence-electron chi connectivity index (χ1n) is 7.28. The molecule has 3 amide bonds. The van der Waals surface area contributed by atoms with E-state index in [1.165, 1.54) is 0 Å². The molecule has 2 rings (SSSR count). The van der Waals surface area contributed by atoms with Crippen molar-refractivity contribution >= 4 is 23.3 Å². The van der Waals surface area contributed by atoms with E-state index in [0.29, 0.717) is 22.5 Å². The predicted octanol–water partition coefficient (Wildman–Crippen LogP) is 1.69. The number of rotatable bonds is 5. The molecule has 2 aromatic rings. The Kier molecular flexibility index (Phi) is 5.75. The SMILES string of the molecule is N#Cc1cccc(NC(=O)NCCNC(=O)c2ccccc2N)c1. The van der Waals surface area contributed by atoms with Crippen LogP contribution in [0.3, 0.4) is 0 Å². The monoisotopic (exact) mass is 323 g/mol. The summed E-state index contributed by atoms with van der Waals surface area (Å²) in [7, 11) is 0. The number of hydrogen-bond acceptors (Lipinski definition) is 4. The molecule has 0 heterocycles. The van der Waals surface area contributed by atoms with Gasteiger partial charge in [0.25, 0.3) is 5.91 Å². The van der Waals surface area contributed by atoms with Crippen LogP contribution < -0.4 is 21.7 Å². The Morgan fingerprint density at radius 1 is 1.04 bits per heavy atom. The summed E-state index contributed by atoms with van der Waals surface area (Å²) in [5, 5.41) is 16.7. The van der Waals surface area contributed by atoms with E-state index in [-0.39, 0.29) is 19.0 Å². The minimum Gasteiger partial charge on any atom is -0.398 e. The second-order valence-electron chi connectivity index (χ2n) is 4.92. The maximum atomic E-state index is 11.9. The van der Waals surface area contributed by atoms with Gasteiger partial charge in [-0.05, 0) is 30.3 Å². The van der Waals surface area contributed by atoms with Crippen LogP contribution in [0.15, 0.2) is 48.5 Å². The fraction of sp³-hybridized carbons (Fsp3) is 0.118. The van der Waals surface area contributed by atoms with Crippen molar-refractivity contribution < 1.29 is 9.59 Å². The van der Waals surface area contributed by atoms with Crippen LogP contribution in [-0.2, 0) is 0 Å². The quantitative estimate of drug-likeness (QED) is 0.494. The van der Waals surface area contributed by atoms with Gasteiger partial charge in [0, 0.05) is 24.5 Å². The average Bonchev–Trinajstić information content (AvgIpc) is 2.59. The standard InChI is InChI=1S/C17H17N5O2/c18-11-12-4-3-5-13(10-12)22-17(24)21-9-8-20-16(23)14-6-1-2-7-15(14)19/h1-7,10H,8-9,19H2,(H,20,23)(H2,21,22,24). The lowest BCUT2D eigenvalue weighted by Gasteiger charge is -2.09. The number of para-hydroxylation sites is 1. The third-order valence-electron chi connectivity index (χ3n) is 3.15. The zero-order valence-electron chi connectivity index (χ0n) is 12.9. The van der Waals surface area contributed by atoms with Gasteiger partial charge in [0.15, 0.2) is 0 Å². The second kappa shape index (κ2) is 8.19. The summed E-state index contributed by atoms with van der Waals surface area (Å²) in [5.74, 6) is -0.294. The van der Waals surface area contributed by atoms with E-state index in [9.17, 15) is 9.59 Å². The molecule has 0 unspecified atom stereocenters. The number of carbonyl (C=O) groups excluding carboxylic acids is 2. The minimum atomic E-state index is -0.418. The van der Waals surface area contributed by atoms with E-state index < -0.39 is 6.03 Å². The zero-order chi connectivity index (χ0) is 17.4. The van der Waals surface area contributed by atoms with Gasteiger partial charge in [-0.2, -0.15) is 5.26 Å². The fourth-order valence-electron chi connectivity index (χ4n) is 1.99. The molecule has 0 saturated heterocycles. The van der Waals surface area contributed by atoms with Gasteiger partial charge in [-0.25, -0.2) is 4.79 Å². The summed E-state index contributed by atoms with van der Waals surface area (Å²) in [6, 6.07) is 14.9. The van der Waals surface area contributed by atoms with Crippen molar-refractivity contribution in [3.8, 4) is 6.07 Å². The smallest absolute Gasteiger partial charge is 0.319 e. The van der Waals surface area contributed by atoms with Gasteiger partial charge in [-0.15, -0.1) is 0 Å². The van der Waals surface area contributed by atoms with Crippen LogP contribution in [0, 0.1) is 11.3 Å².